The number of carboxylic acids is 1. The minimum atomic E-state index is -1.31. The highest BCUT2D eigenvalue weighted by Crippen LogP contribution is 2.16. The van der Waals surface area contributed by atoms with Crippen LogP contribution >= 0.6 is 23.2 Å². The number of aromatic nitrogens is 3. The Bertz CT molecular complexity index is 673. The van der Waals surface area contributed by atoms with Crippen molar-refractivity contribution >= 4 is 40.9 Å². The van der Waals surface area contributed by atoms with E-state index in [1.807, 2.05) is 0 Å². The van der Waals surface area contributed by atoms with Crippen LogP contribution in [-0.2, 0) is 0 Å². The van der Waals surface area contributed by atoms with Crippen molar-refractivity contribution in [3.8, 4) is 0 Å². The van der Waals surface area contributed by atoms with Gasteiger partial charge in [-0.15, -0.1) is 0 Å². The molecule has 0 fully saturated rings. The topological polar surface area (TPSA) is 105 Å². The van der Waals surface area contributed by atoms with Crippen molar-refractivity contribution in [3.63, 3.8) is 0 Å². The Morgan fingerprint density at radius 3 is 2.30 bits per heavy atom. The van der Waals surface area contributed by atoms with E-state index in [4.69, 9.17) is 28.3 Å². The van der Waals surface area contributed by atoms with Crippen LogP contribution < -0.4 is 5.32 Å². The maximum Gasteiger partial charge on any atom is 0.358 e. The van der Waals surface area contributed by atoms with Gasteiger partial charge in [-0.25, -0.2) is 19.7 Å². The van der Waals surface area contributed by atoms with Crippen molar-refractivity contribution in [2.75, 3.05) is 5.32 Å². The summed E-state index contributed by atoms with van der Waals surface area (Å²) < 4.78 is 0. The number of hydrogen-bond donors (Lipinski definition) is 2. The van der Waals surface area contributed by atoms with Gasteiger partial charge in [-0.2, -0.15) is 0 Å². The lowest BCUT2D eigenvalue weighted by Gasteiger charge is -2.06. The molecule has 0 saturated heterocycles. The fraction of sp³-hybridized carbons (Fsp3) is 0. The third-order valence-corrected chi connectivity index (χ3v) is 2.55. The van der Waals surface area contributed by atoms with Gasteiger partial charge in [0.05, 0.1) is 0 Å². The molecule has 2 rings (SSSR count). The molecule has 0 saturated carbocycles. The molecule has 2 aromatic heterocycles. The molecule has 1 amide bonds. The fourth-order valence-corrected chi connectivity index (χ4v) is 1.82. The van der Waals surface area contributed by atoms with Crippen LogP contribution in [0.4, 0.5) is 5.82 Å². The smallest absolute Gasteiger partial charge is 0.358 e. The molecular weight excluding hydrogens is 307 g/mol. The second kappa shape index (κ2) is 5.81. The highest BCUT2D eigenvalue weighted by Gasteiger charge is 2.16. The summed E-state index contributed by atoms with van der Waals surface area (Å²) in [5.74, 6) is -2.10. The number of nitrogens with one attached hydrogen (secondary N) is 1. The SMILES string of the molecule is O=C(Nc1nccnc1C(=O)O)c1cc(Cl)nc(Cl)c1. The molecule has 0 unspecified atom stereocenters. The minimum absolute atomic E-state index is 0.0419. The van der Waals surface area contributed by atoms with Gasteiger partial charge in [0.1, 0.15) is 10.3 Å². The first-order valence-electron chi connectivity index (χ1n) is 5.16. The summed E-state index contributed by atoms with van der Waals surface area (Å²) in [5, 5.41) is 11.3. The minimum Gasteiger partial charge on any atom is -0.476 e. The second-order valence-corrected chi connectivity index (χ2v) is 4.29. The predicted molar refractivity (Wildman–Crippen MR) is 71.2 cm³/mol. The molecular formula is C11H6Cl2N4O3. The zero-order valence-corrected chi connectivity index (χ0v) is 11.2. The van der Waals surface area contributed by atoms with Gasteiger partial charge in [-0.3, -0.25) is 4.79 Å². The van der Waals surface area contributed by atoms with Crippen LogP contribution in [0.5, 0.6) is 0 Å². The summed E-state index contributed by atoms with van der Waals surface area (Å²) in [6.45, 7) is 0. The fourth-order valence-electron chi connectivity index (χ4n) is 1.36. The lowest BCUT2D eigenvalue weighted by atomic mass is 10.2. The van der Waals surface area contributed by atoms with Crippen LogP contribution in [0, 0.1) is 0 Å². The first-order chi connectivity index (χ1) is 9.47. The Hall–Kier alpha value is -2.25. The van der Waals surface area contributed by atoms with Gasteiger partial charge >= 0.3 is 5.97 Å². The average Bonchev–Trinajstić information content (AvgIpc) is 2.37. The van der Waals surface area contributed by atoms with Crippen molar-refractivity contribution in [2.24, 2.45) is 0 Å². The maximum atomic E-state index is 12.0. The number of carboxylic acid groups (broad SMARTS) is 1. The monoisotopic (exact) mass is 312 g/mol. The summed E-state index contributed by atoms with van der Waals surface area (Å²) in [6.07, 6.45) is 2.47. The number of aromatic carboxylic acids is 1. The maximum absolute atomic E-state index is 12.0. The van der Waals surface area contributed by atoms with Gasteiger partial charge in [-0.05, 0) is 12.1 Å². The molecule has 7 nitrogen and oxygen atoms in total. The molecule has 0 aliphatic rings. The Kier molecular flexibility index (Phi) is 4.11. The number of anilines is 1. The number of nitrogens with zero attached hydrogens (tertiary/aromatic N) is 3. The van der Waals surface area contributed by atoms with Gasteiger partial charge < -0.3 is 10.4 Å². The summed E-state index contributed by atoms with van der Waals surface area (Å²) in [5.41, 5.74) is -0.246. The molecule has 2 N–H and O–H groups in total. The van der Waals surface area contributed by atoms with E-state index in [9.17, 15) is 9.59 Å². The average molecular weight is 313 g/mol. The van der Waals surface area contributed by atoms with Gasteiger partial charge in [0, 0.05) is 18.0 Å². The molecule has 2 heterocycles. The molecule has 0 aromatic carbocycles. The van der Waals surface area contributed by atoms with E-state index in [1.54, 1.807) is 0 Å². The van der Waals surface area contributed by atoms with Gasteiger partial charge in [0.2, 0.25) is 0 Å². The van der Waals surface area contributed by atoms with Crippen molar-refractivity contribution in [3.05, 3.63) is 46.1 Å². The summed E-state index contributed by atoms with van der Waals surface area (Å²) in [6, 6.07) is 2.58. The van der Waals surface area contributed by atoms with Crippen molar-refractivity contribution in [1.29, 1.82) is 0 Å². The van der Waals surface area contributed by atoms with Crippen LogP contribution in [0.25, 0.3) is 0 Å². The molecule has 0 aliphatic heterocycles. The molecule has 102 valence electrons. The number of amides is 1. The van der Waals surface area contributed by atoms with Gasteiger partial charge in [0.15, 0.2) is 11.5 Å². The summed E-state index contributed by atoms with van der Waals surface area (Å²) in [7, 11) is 0. The van der Waals surface area contributed by atoms with Crippen LogP contribution in [-0.4, -0.2) is 31.9 Å². The molecule has 0 spiro atoms. The quantitative estimate of drug-likeness (QED) is 0.841. The first kappa shape index (κ1) is 14.2. The van der Waals surface area contributed by atoms with Gasteiger partial charge in [-0.1, -0.05) is 23.2 Å². The predicted octanol–water partition coefficient (Wildman–Crippen LogP) is 2.13. The third-order valence-electron chi connectivity index (χ3n) is 2.16. The Morgan fingerprint density at radius 2 is 1.70 bits per heavy atom. The number of hydrogen-bond acceptors (Lipinski definition) is 5. The largest absolute Gasteiger partial charge is 0.476 e. The second-order valence-electron chi connectivity index (χ2n) is 3.51. The number of carbonyl (C=O) groups excluding carboxylic acids is 1. The van der Waals surface area contributed by atoms with E-state index in [0.717, 1.165) is 0 Å². The molecule has 0 radical (unpaired) electrons. The molecule has 20 heavy (non-hydrogen) atoms. The molecule has 0 bridgehead atoms. The van der Waals surface area contributed by atoms with Crippen molar-refractivity contribution < 1.29 is 14.7 Å². The van der Waals surface area contributed by atoms with E-state index in [2.05, 4.69) is 20.3 Å². The third kappa shape index (κ3) is 3.19. The number of pyridine rings is 1. The zero-order chi connectivity index (χ0) is 14.7. The van der Waals surface area contributed by atoms with Gasteiger partial charge in [0.25, 0.3) is 5.91 Å². The van der Waals surface area contributed by atoms with Crippen LogP contribution in [0.2, 0.25) is 10.3 Å². The van der Waals surface area contributed by atoms with E-state index < -0.39 is 11.9 Å². The molecule has 2 aromatic rings. The highest BCUT2D eigenvalue weighted by atomic mass is 35.5. The highest BCUT2D eigenvalue weighted by molar-refractivity contribution is 6.33. The summed E-state index contributed by atoms with van der Waals surface area (Å²) >= 11 is 11.4. The lowest BCUT2D eigenvalue weighted by molar-refractivity contribution is 0.0691. The van der Waals surface area contributed by atoms with Crippen molar-refractivity contribution in [1.82, 2.24) is 15.0 Å². The Morgan fingerprint density at radius 1 is 1.10 bits per heavy atom. The number of carbonyl (C=O) groups is 2. The number of rotatable bonds is 3. The molecule has 0 aliphatic carbocycles. The van der Waals surface area contributed by atoms with E-state index >= 15 is 0 Å². The molecule has 9 heteroatoms. The van der Waals surface area contributed by atoms with Crippen LogP contribution in [0.15, 0.2) is 24.5 Å². The Balaban J connectivity index is 2.30. The van der Waals surface area contributed by atoms with Crippen LogP contribution in [0.3, 0.4) is 0 Å². The van der Waals surface area contributed by atoms with E-state index in [1.165, 1.54) is 24.5 Å². The zero-order valence-electron chi connectivity index (χ0n) is 9.67. The summed E-state index contributed by atoms with van der Waals surface area (Å²) in [4.78, 5) is 34.0. The lowest BCUT2D eigenvalue weighted by Crippen LogP contribution is -2.17. The standard InChI is InChI=1S/C11H6Cl2N4O3/c12-6-3-5(4-7(13)16-6)10(18)17-9-8(11(19)20)14-1-2-15-9/h1-4H,(H,19,20)(H,15,17,18). The normalized spacial score (nSPS) is 10.1. The molecule has 0 atom stereocenters. The van der Waals surface area contributed by atoms with Crippen LogP contribution in [0.1, 0.15) is 20.8 Å². The van der Waals surface area contributed by atoms with E-state index in [0.29, 0.717) is 0 Å². The first-order valence-corrected chi connectivity index (χ1v) is 5.91. The van der Waals surface area contributed by atoms with E-state index in [-0.39, 0.29) is 27.4 Å². The number of halogens is 2. The Labute approximate surface area is 122 Å². The van der Waals surface area contributed by atoms with Crippen molar-refractivity contribution in [2.45, 2.75) is 0 Å².